The molecule has 8 amide bonds. The minimum atomic E-state index is -1.05. The van der Waals surface area contributed by atoms with Crippen LogP contribution < -0.4 is 42.5 Å². The Morgan fingerprint density at radius 1 is 0.449 bits per heavy atom. The van der Waals surface area contributed by atoms with Crippen LogP contribution in [0.2, 0.25) is 0 Å². The predicted octanol–water partition coefficient (Wildman–Crippen LogP) is 2.43. The number of nitrogens with zero attached hydrogens (tertiary/aromatic N) is 7. The first kappa shape index (κ1) is 49.3. The molecule has 0 aliphatic heterocycles. The first-order chi connectivity index (χ1) is 32.6. The average molecular weight is 950 g/mol. The van der Waals surface area contributed by atoms with Crippen LogP contribution in [0.3, 0.4) is 0 Å². The summed E-state index contributed by atoms with van der Waals surface area (Å²) in [6.07, 6.45) is 9.34. The summed E-state index contributed by atoms with van der Waals surface area (Å²) in [6, 6.07) is 7.39. The molecule has 0 aliphatic carbocycles. The number of hydrogen-bond acceptors (Lipinski definition) is 10. The number of aliphatic carboxylic acids is 1. The molecule has 6 rings (SSSR count). The maximum atomic E-state index is 13.3. The molecule has 0 aromatic carbocycles. The Kier molecular flexibility index (Phi) is 15.0. The summed E-state index contributed by atoms with van der Waals surface area (Å²) in [5.74, 6) is -4.53. The van der Waals surface area contributed by atoms with E-state index in [1.165, 1.54) is 77.1 Å². The van der Waals surface area contributed by atoms with Gasteiger partial charge in [-0.15, -0.1) is 0 Å². The minimum Gasteiger partial charge on any atom is -0.481 e. The lowest BCUT2D eigenvalue weighted by Gasteiger charge is -2.06. The van der Waals surface area contributed by atoms with Gasteiger partial charge in [-0.1, -0.05) is 0 Å². The van der Waals surface area contributed by atoms with Gasteiger partial charge in [-0.05, 0) is 36.8 Å². The fraction of sp³-hybridized carbons (Fsp3) is 0.273. The molecule has 0 atom stereocenters. The van der Waals surface area contributed by atoms with Crippen molar-refractivity contribution in [3.63, 3.8) is 0 Å². The highest BCUT2D eigenvalue weighted by Gasteiger charge is 2.22. The molecule has 362 valence electrons. The van der Waals surface area contributed by atoms with Crippen LogP contribution in [0.1, 0.15) is 89.2 Å². The minimum absolute atomic E-state index is 0.0386. The molecule has 0 radical (unpaired) electrons. The SMILES string of the molecule is CC(=O)Nc1cn(C)c(C(=O)Nc2cc(C(=O)Nc3cc(C(=O)NCCCC(=O)Nc4cc(C(=O)Nc5cc(C(=O)Nc6cc(C(=O)NCCC(=O)O)n(C)c6)n(C)c5)n(C)c4)n(C)c3)n(C)c2)n1. The molecule has 0 unspecified atom stereocenters. The predicted molar refractivity (Wildman–Crippen MR) is 251 cm³/mol. The summed E-state index contributed by atoms with van der Waals surface area (Å²) >= 11 is 0. The van der Waals surface area contributed by atoms with Gasteiger partial charge in [0.2, 0.25) is 17.6 Å². The third kappa shape index (κ3) is 12.4. The van der Waals surface area contributed by atoms with E-state index < -0.39 is 41.4 Å². The number of amides is 8. The van der Waals surface area contributed by atoms with Crippen LogP contribution >= 0.6 is 0 Å². The first-order valence-corrected chi connectivity index (χ1v) is 21.1. The molecule has 0 bridgehead atoms. The van der Waals surface area contributed by atoms with Crippen LogP contribution in [0.15, 0.2) is 67.5 Å². The molecule has 0 fully saturated rings. The lowest BCUT2D eigenvalue weighted by molar-refractivity contribution is -0.136. The lowest BCUT2D eigenvalue weighted by atomic mass is 10.2. The van der Waals surface area contributed by atoms with Crippen molar-refractivity contribution in [2.24, 2.45) is 42.3 Å². The van der Waals surface area contributed by atoms with Gasteiger partial charge in [-0.2, -0.15) is 0 Å². The average Bonchev–Trinajstić information content (AvgIpc) is 4.12. The molecule has 6 aromatic rings. The Bertz CT molecular complexity index is 3010. The van der Waals surface area contributed by atoms with E-state index in [-0.39, 0.29) is 84.3 Å². The lowest BCUT2D eigenvalue weighted by Crippen LogP contribution is -2.27. The smallest absolute Gasteiger partial charge is 0.305 e. The zero-order valence-electron chi connectivity index (χ0n) is 38.6. The molecule has 9 N–H and O–H groups in total. The maximum absolute atomic E-state index is 13.3. The highest BCUT2D eigenvalue weighted by molar-refractivity contribution is 6.09. The number of carbonyl (C=O) groups excluding carboxylic acids is 8. The van der Waals surface area contributed by atoms with Gasteiger partial charge in [-0.3, -0.25) is 43.2 Å². The van der Waals surface area contributed by atoms with Crippen molar-refractivity contribution >= 4 is 87.5 Å². The van der Waals surface area contributed by atoms with Crippen molar-refractivity contribution in [2.75, 3.05) is 45.0 Å². The second-order valence-electron chi connectivity index (χ2n) is 16.0. The molecule has 0 saturated carbocycles. The normalized spacial score (nSPS) is 10.8. The first-order valence-electron chi connectivity index (χ1n) is 21.1. The second kappa shape index (κ2) is 21.0. The zero-order valence-corrected chi connectivity index (χ0v) is 38.6. The molecule has 25 nitrogen and oxygen atoms in total. The standard InChI is InChI=1S/C44H51N15O10/c1-24(60)47-35-23-59(7)38(53-35)44(69)52-29-17-34(58(6)22-29)43(68)49-26-14-30(54(2)19-26)39(64)45-11-8-9-36(61)48-25-13-32(56(4)18-25)41(66)51-28-16-33(57(5)21-28)42(67)50-27-15-31(55(3)20-27)40(65)46-12-10-37(62)63/h13-23H,8-12H2,1-7H3,(H,45,64)(H,46,65)(H,47,60)(H,48,61)(H,49,68)(H,50,67)(H,51,66)(H,52,69)(H,62,63). The second-order valence-corrected chi connectivity index (χ2v) is 16.0. The summed E-state index contributed by atoms with van der Waals surface area (Å²) in [5.41, 5.74) is 2.74. The van der Waals surface area contributed by atoms with Crippen molar-refractivity contribution in [2.45, 2.75) is 26.2 Å². The Hall–Kier alpha value is -9.16. The van der Waals surface area contributed by atoms with Gasteiger partial charge in [0.05, 0.1) is 34.9 Å². The largest absolute Gasteiger partial charge is 0.481 e. The van der Waals surface area contributed by atoms with E-state index in [1.54, 1.807) is 67.1 Å². The van der Waals surface area contributed by atoms with Gasteiger partial charge >= 0.3 is 5.97 Å². The topological polar surface area (TPSA) is 313 Å². The van der Waals surface area contributed by atoms with E-state index in [0.717, 1.165) is 0 Å². The number of aromatic nitrogens is 7. The van der Waals surface area contributed by atoms with Gasteiger partial charge in [0.15, 0.2) is 5.82 Å². The summed E-state index contributed by atoms with van der Waals surface area (Å²) in [7, 11) is 9.71. The Labute approximate surface area is 393 Å². The Balaban J connectivity index is 0.937. The van der Waals surface area contributed by atoms with E-state index in [4.69, 9.17) is 5.11 Å². The number of carboxylic acid groups (broad SMARTS) is 1. The van der Waals surface area contributed by atoms with Crippen LogP contribution in [0.25, 0.3) is 0 Å². The highest BCUT2D eigenvalue weighted by Crippen LogP contribution is 2.22. The maximum Gasteiger partial charge on any atom is 0.305 e. The molecule has 0 spiro atoms. The van der Waals surface area contributed by atoms with Gasteiger partial charge in [0.1, 0.15) is 28.5 Å². The van der Waals surface area contributed by atoms with Crippen LogP contribution in [0.5, 0.6) is 0 Å². The summed E-state index contributed by atoms with van der Waals surface area (Å²) in [5, 5.41) is 30.3. The third-order valence-corrected chi connectivity index (χ3v) is 10.4. The van der Waals surface area contributed by atoms with Gasteiger partial charge < -0.3 is 75.0 Å². The highest BCUT2D eigenvalue weighted by atomic mass is 16.4. The number of hydrogen-bond donors (Lipinski definition) is 9. The number of imidazole rings is 1. The number of anilines is 6. The molecule has 0 saturated heterocycles. The monoisotopic (exact) mass is 949 g/mol. The molecule has 0 aliphatic rings. The van der Waals surface area contributed by atoms with Gasteiger partial charge in [0.25, 0.3) is 35.4 Å². The van der Waals surface area contributed by atoms with Crippen molar-refractivity contribution < 1.29 is 48.3 Å². The van der Waals surface area contributed by atoms with Gasteiger partial charge in [-0.25, -0.2) is 4.98 Å². The number of aryl methyl sites for hydroxylation is 6. The van der Waals surface area contributed by atoms with E-state index >= 15 is 0 Å². The molecule has 25 heteroatoms. The summed E-state index contributed by atoms with van der Waals surface area (Å²) in [6.45, 7) is 1.42. The number of carbonyl (C=O) groups is 9. The van der Waals surface area contributed by atoms with E-state index in [0.29, 0.717) is 28.4 Å². The molecule has 6 heterocycles. The molecular weight excluding hydrogens is 899 g/mol. The number of rotatable bonds is 19. The third-order valence-electron chi connectivity index (χ3n) is 10.4. The summed E-state index contributed by atoms with van der Waals surface area (Å²) < 4.78 is 9.04. The van der Waals surface area contributed by atoms with E-state index in [1.807, 2.05) is 0 Å². The van der Waals surface area contributed by atoms with Crippen molar-refractivity contribution in [1.29, 1.82) is 0 Å². The quantitative estimate of drug-likeness (QED) is 0.0531. The van der Waals surface area contributed by atoms with Crippen LogP contribution in [-0.2, 0) is 56.7 Å². The Morgan fingerprint density at radius 3 is 1.20 bits per heavy atom. The van der Waals surface area contributed by atoms with E-state index in [9.17, 15) is 43.2 Å². The van der Waals surface area contributed by atoms with Gasteiger partial charge in [0, 0.05) is 106 Å². The van der Waals surface area contributed by atoms with Crippen molar-refractivity contribution in [3.8, 4) is 0 Å². The van der Waals surface area contributed by atoms with Crippen molar-refractivity contribution in [3.05, 3.63) is 102 Å². The molecule has 69 heavy (non-hydrogen) atoms. The molecular formula is C44H51N15O10. The fourth-order valence-electron chi connectivity index (χ4n) is 7.12. The van der Waals surface area contributed by atoms with E-state index in [2.05, 4.69) is 47.5 Å². The summed E-state index contributed by atoms with van der Waals surface area (Å²) in [4.78, 5) is 117. The Morgan fingerprint density at radius 2 is 0.812 bits per heavy atom. The zero-order chi connectivity index (χ0) is 50.3. The number of carboxylic acids is 1. The fourth-order valence-corrected chi connectivity index (χ4v) is 7.12. The number of nitrogens with one attached hydrogen (secondary N) is 8. The van der Waals surface area contributed by atoms with Crippen molar-refractivity contribution in [1.82, 2.24) is 43.0 Å². The van der Waals surface area contributed by atoms with Crippen LogP contribution in [0, 0.1) is 0 Å². The van der Waals surface area contributed by atoms with Crippen LogP contribution in [-0.4, -0.2) is 104 Å². The molecule has 6 aromatic heterocycles. The van der Waals surface area contributed by atoms with Crippen LogP contribution in [0.4, 0.5) is 34.3 Å².